The molecule has 0 spiro atoms. The quantitative estimate of drug-likeness (QED) is 0.566. The largest absolute Gasteiger partial charge is 0.342 e. The molecule has 66 valence electrons. The van der Waals surface area contributed by atoms with Gasteiger partial charge < -0.3 is 10.1 Å². The third-order valence-electron chi connectivity index (χ3n) is 1.43. The maximum atomic E-state index is 10.9. The van der Waals surface area contributed by atoms with Gasteiger partial charge in [0.15, 0.2) is 0 Å². The molecule has 0 aliphatic rings. The van der Waals surface area contributed by atoms with Gasteiger partial charge in [0.25, 0.3) is 0 Å². The third-order valence-corrected chi connectivity index (χ3v) is 1.43. The molecular formula is C7H16N2O2. The monoisotopic (exact) mass is 160 g/mol. The van der Waals surface area contributed by atoms with Gasteiger partial charge in [-0.05, 0) is 6.42 Å². The highest BCUT2D eigenvalue weighted by molar-refractivity contribution is 5.73. The lowest BCUT2D eigenvalue weighted by Crippen LogP contribution is -2.35. The molecule has 0 radical (unpaired) electrons. The van der Waals surface area contributed by atoms with E-state index in [1.165, 1.54) is 6.92 Å². The maximum Gasteiger partial charge on any atom is 0.219 e. The first-order chi connectivity index (χ1) is 5.22. The molecule has 0 saturated heterocycles. The summed E-state index contributed by atoms with van der Waals surface area (Å²) < 4.78 is 0. The van der Waals surface area contributed by atoms with Gasteiger partial charge in [-0.1, -0.05) is 6.92 Å². The summed E-state index contributed by atoms with van der Waals surface area (Å²) in [5, 5.41) is 8.28. The lowest BCUT2D eigenvalue weighted by molar-refractivity contribution is -0.129. The second kappa shape index (κ2) is 6.12. The van der Waals surface area contributed by atoms with Gasteiger partial charge in [0.2, 0.25) is 5.91 Å². The van der Waals surface area contributed by atoms with Gasteiger partial charge in [-0.15, -0.1) is 0 Å². The van der Waals surface area contributed by atoms with Crippen LogP contribution in [0.5, 0.6) is 0 Å². The lowest BCUT2D eigenvalue weighted by atomic mass is 10.4. The smallest absolute Gasteiger partial charge is 0.219 e. The predicted octanol–water partition coefficient (Wildman–Crippen LogP) is 0.224. The van der Waals surface area contributed by atoms with Crippen molar-refractivity contribution in [2.75, 3.05) is 19.6 Å². The Morgan fingerprint density at radius 3 is 2.55 bits per heavy atom. The zero-order valence-corrected chi connectivity index (χ0v) is 7.13. The fraction of sp³-hybridized carbons (Fsp3) is 0.857. The second-order valence-corrected chi connectivity index (χ2v) is 2.41. The molecule has 0 aliphatic heterocycles. The second-order valence-electron chi connectivity index (χ2n) is 2.41. The number of amides is 1. The lowest BCUT2D eigenvalue weighted by Gasteiger charge is -2.19. The van der Waals surface area contributed by atoms with Crippen molar-refractivity contribution in [2.45, 2.75) is 20.3 Å². The van der Waals surface area contributed by atoms with Crippen LogP contribution in [0, 0.1) is 0 Å². The fourth-order valence-electron chi connectivity index (χ4n) is 0.882. The van der Waals surface area contributed by atoms with Gasteiger partial charge in [-0.25, -0.2) is 5.48 Å². The molecule has 0 unspecified atom stereocenters. The summed E-state index contributed by atoms with van der Waals surface area (Å²) in [6, 6.07) is 0. The van der Waals surface area contributed by atoms with E-state index in [0.29, 0.717) is 13.1 Å². The predicted molar refractivity (Wildman–Crippen MR) is 42.3 cm³/mol. The van der Waals surface area contributed by atoms with Crippen LogP contribution < -0.4 is 5.48 Å². The van der Waals surface area contributed by atoms with Crippen LogP contribution in [0.4, 0.5) is 0 Å². The van der Waals surface area contributed by atoms with Crippen molar-refractivity contribution in [2.24, 2.45) is 0 Å². The van der Waals surface area contributed by atoms with Crippen LogP contribution in [-0.2, 0) is 4.79 Å². The summed E-state index contributed by atoms with van der Waals surface area (Å²) in [6.45, 7) is 5.31. The number of nitrogens with one attached hydrogen (secondary N) is 1. The van der Waals surface area contributed by atoms with Crippen molar-refractivity contribution >= 4 is 5.91 Å². The molecule has 0 rings (SSSR count). The van der Waals surface area contributed by atoms with Gasteiger partial charge in [-0.2, -0.15) is 0 Å². The van der Waals surface area contributed by atoms with Gasteiger partial charge >= 0.3 is 0 Å². The Labute approximate surface area is 67.1 Å². The Morgan fingerprint density at radius 1 is 1.55 bits per heavy atom. The summed E-state index contributed by atoms with van der Waals surface area (Å²) >= 11 is 0. The average Bonchev–Trinajstić information content (AvgIpc) is 1.97. The number of hydroxylamine groups is 1. The zero-order chi connectivity index (χ0) is 8.69. The molecule has 11 heavy (non-hydrogen) atoms. The van der Waals surface area contributed by atoms with Crippen molar-refractivity contribution in [1.29, 1.82) is 0 Å². The third kappa shape index (κ3) is 4.75. The van der Waals surface area contributed by atoms with Crippen LogP contribution in [0.2, 0.25) is 0 Å². The molecule has 4 heteroatoms. The summed E-state index contributed by atoms with van der Waals surface area (Å²) in [7, 11) is 0. The van der Waals surface area contributed by atoms with Crippen molar-refractivity contribution in [1.82, 2.24) is 10.4 Å². The first-order valence-electron chi connectivity index (χ1n) is 3.84. The minimum atomic E-state index is 0.0575. The van der Waals surface area contributed by atoms with Crippen molar-refractivity contribution in [3.8, 4) is 0 Å². The highest BCUT2D eigenvalue weighted by Gasteiger charge is 2.04. The summed E-state index contributed by atoms with van der Waals surface area (Å²) in [4.78, 5) is 12.6. The van der Waals surface area contributed by atoms with Gasteiger partial charge in [0.1, 0.15) is 0 Å². The first-order valence-corrected chi connectivity index (χ1v) is 3.84. The van der Waals surface area contributed by atoms with E-state index in [2.05, 4.69) is 0 Å². The summed E-state index contributed by atoms with van der Waals surface area (Å²) in [5.74, 6) is 0.0575. The van der Waals surface area contributed by atoms with Gasteiger partial charge in [0.05, 0.1) is 0 Å². The molecule has 4 nitrogen and oxygen atoms in total. The van der Waals surface area contributed by atoms with Gasteiger partial charge in [-0.3, -0.25) is 4.79 Å². The van der Waals surface area contributed by atoms with E-state index in [9.17, 15) is 4.79 Å². The Balaban J connectivity index is 3.60. The van der Waals surface area contributed by atoms with Gasteiger partial charge in [0, 0.05) is 26.6 Å². The van der Waals surface area contributed by atoms with E-state index in [4.69, 9.17) is 5.21 Å². The fourth-order valence-corrected chi connectivity index (χ4v) is 0.882. The molecule has 0 aliphatic carbocycles. The summed E-state index contributed by atoms with van der Waals surface area (Å²) in [6.07, 6.45) is 0.949. The number of rotatable bonds is 5. The molecule has 0 bridgehead atoms. The van der Waals surface area contributed by atoms with Crippen molar-refractivity contribution in [3.05, 3.63) is 0 Å². The van der Waals surface area contributed by atoms with Crippen molar-refractivity contribution in [3.63, 3.8) is 0 Å². The Morgan fingerprint density at radius 2 is 2.18 bits per heavy atom. The Bertz CT molecular complexity index is 117. The minimum absolute atomic E-state index is 0.0575. The normalized spacial score (nSPS) is 9.73. The highest BCUT2D eigenvalue weighted by atomic mass is 16.5. The summed E-state index contributed by atoms with van der Waals surface area (Å²) in [5.41, 5.74) is 2.02. The van der Waals surface area contributed by atoms with Crippen LogP contribution in [0.3, 0.4) is 0 Å². The molecule has 0 aromatic rings. The number of hydrogen-bond donors (Lipinski definition) is 2. The van der Waals surface area contributed by atoms with E-state index in [1.807, 2.05) is 12.4 Å². The van der Waals surface area contributed by atoms with Crippen LogP contribution >= 0.6 is 0 Å². The molecule has 0 heterocycles. The molecule has 0 saturated carbocycles. The number of nitrogens with zero attached hydrogens (tertiary/aromatic N) is 1. The van der Waals surface area contributed by atoms with Crippen LogP contribution in [0.1, 0.15) is 20.3 Å². The average molecular weight is 160 g/mol. The Hall–Kier alpha value is -0.610. The van der Waals surface area contributed by atoms with E-state index >= 15 is 0 Å². The van der Waals surface area contributed by atoms with Crippen molar-refractivity contribution < 1.29 is 10.0 Å². The first kappa shape index (κ1) is 10.4. The Kier molecular flexibility index (Phi) is 5.78. The van der Waals surface area contributed by atoms with E-state index in [1.54, 1.807) is 4.90 Å². The zero-order valence-electron chi connectivity index (χ0n) is 7.13. The molecular weight excluding hydrogens is 144 g/mol. The molecule has 0 atom stereocenters. The van der Waals surface area contributed by atoms with Crippen LogP contribution in [0.15, 0.2) is 0 Å². The topological polar surface area (TPSA) is 52.6 Å². The minimum Gasteiger partial charge on any atom is -0.342 e. The van der Waals surface area contributed by atoms with E-state index in [0.717, 1.165) is 13.0 Å². The van der Waals surface area contributed by atoms with E-state index in [-0.39, 0.29) is 5.91 Å². The standard InChI is InChI=1S/C7H16N2O2/c1-3-5-9(7(2)10)6-4-8-11/h8,11H,3-6H2,1-2H3. The number of carbonyl (C=O) groups is 1. The van der Waals surface area contributed by atoms with Crippen LogP contribution in [0.25, 0.3) is 0 Å². The molecule has 0 fully saturated rings. The number of hydrogen-bond acceptors (Lipinski definition) is 3. The molecule has 1 amide bonds. The maximum absolute atomic E-state index is 10.9. The molecule has 0 aromatic carbocycles. The SMILES string of the molecule is CCCN(CCNO)C(C)=O. The highest BCUT2D eigenvalue weighted by Crippen LogP contribution is 1.90. The van der Waals surface area contributed by atoms with Crippen LogP contribution in [-0.4, -0.2) is 35.6 Å². The molecule has 2 N–H and O–H groups in total. The van der Waals surface area contributed by atoms with E-state index < -0.39 is 0 Å². The molecule has 0 aromatic heterocycles. The number of carbonyl (C=O) groups excluding carboxylic acids is 1.